The summed E-state index contributed by atoms with van der Waals surface area (Å²) in [7, 11) is 0. The van der Waals surface area contributed by atoms with E-state index in [4.69, 9.17) is 0 Å². The van der Waals surface area contributed by atoms with Crippen LogP contribution in [0, 0.1) is 11.3 Å². The molecule has 2 aliphatic rings. The molecular weight excluding hydrogens is 432 g/mol. The van der Waals surface area contributed by atoms with E-state index in [2.05, 4.69) is 27.0 Å². The minimum atomic E-state index is -1.30. The molecule has 2 aliphatic heterocycles. The zero-order valence-corrected chi connectivity index (χ0v) is 17.3. The van der Waals surface area contributed by atoms with Crippen molar-refractivity contribution in [2.24, 2.45) is 0 Å². The Kier molecular flexibility index (Phi) is 3.83. The molecule has 0 saturated carbocycles. The third-order valence-electron chi connectivity index (χ3n) is 5.97. The molecule has 144 valence electrons. The van der Waals surface area contributed by atoms with Crippen LogP contribution in [0.1, 0.15) is 23.7 Å². The molecule has 6 nitrogen and oxygen atoms in total. The van der Waals surface area contributed by atoms with Crippen LogP contribution in [0.15, 0.2) is 46.9 Å². The predicted molar refractivity (Wildman–Crippen MR) is 112 cm³/mol. The number of halogens is 1. The highest BCUT2D eigenvalue weighted by atomic mass is 79.9. The fourth-order valence-corrected chi connectivity index (χ4v) is 5.23. The summed E-state index contributed by atoms with van der Waals surface area (Å²) in [5.41, 5.74) is 2.80. The van der Waals surface area contributed by atoms with E-state index in [1.807, 2.05) is 42.5 Å². The Morgan fingerprint density at radius 2 is 2.10 bits per heavy atom. The quantitative estimate of drug-likeness (QED) is 0.578. The van der Waals surface area contributed by atoms with Crippen molar-refractivity contribution in [1.29, 1.82) is 5.26 Å². The number of fused-ring (bicyclic) bond motifs is 6. The Labute approximate surface area is 175 Å². The number of nitrogens with one attached hydrogen (secondary N) is 1. The van der Waals surface area contributed by atoms with Gasteiger partial charge in [0, 0.05) is 34.4 Å². The highest BCUT2D eigenvalue weighted by molar-refractivity contribution is 9.10. The maximum Gasteiger partial charge on any atom is 0.264 e. The second-order valence-electron chi connectivity index (χ2n) is 7.37. The first kappa shape index (κ1) is 18.0. The van der Waals surface area contributed by atoms with Gasteiger partial charge in [-0.2, -0.15) is 5.26 Å². The minimum Gasteiger partial charge on any atom is -0.355 e. The van der Waals surface area contributed by atoms with Crippen LogP contribution in [-0.4, -0.2) is 34.8 Å². The van der Waals surface area contributed by atoms with Gasteiger partial charge >= 0.3 is 0 Å². The molecule has 5 rings (SSSR count). The minimum absolute atomic E-state index is 0.0729. The Morgan fingerprint density at radius 1 is 1.31 bits per heavy atom. The number of H-pyrrole nitrogens is 1. The summed E-state index contributed by atoms with van der Waals surface area (Å²) in [5.74, 6) is -0.442. The second kappa shape index (κ2) is 6.19. The topological polar surface area (TPSA) is 80.2 Å². The lowest BCUT2D eigenvalue weighted by Crippen LogP contribution is -2.58. The first-order chi connectivity index (χ1) is 14.0. The van der Waals surface area contributed by atoms with Crippen LogP contribution in [0.25, 0.3) is 10.9 Å². The first-order valence-electron chi connectivity index (χ1n) is 9.37. The molecule has 7 heteroatoms. The fraction of sp³-hybridized carbons (Fsp3) is 0.227. The van der Waals surface area contributed by atoms with Crippen LogP contribution >= 0.6 is 15.9 Å². The molecule has 0 bridgehead atoms. The van der Waals surface area contributed by atoms with Gasteiger partial charge < -0.3 is 9.88 Å². The number of hydrogen-bond donors (Lipinski definition) is 1. The van der Waals surface area contributed by atoms with E-state index in [1.54, 1.807) is 4.90 Å². The number of nitrogens with zero attached hydrogens (tertiary/aromatic N) is 3. The van der Waals surface area contributed by atoms with Gasteiger partial charge in [0.15, 0.2) is 5.54 Å². The van der Waals surface area contributed by atoms with Crippen molar-refractivity contribution in [1.82, 2.24) is 9.88 Å². The van der Waals surface area contributed by atoms with E-state index in [-0.39, 0.29) is 18.4 Å². The summed E-state index contributed by atoms with van der Waals surface area (Å²) in [4.78, 5) is 33.3. The molecule has 0 saturated heterocycles. The Morgan fingerprint density at radius 3 is 2.86 bits per heavy atom. The van der Waals surface area contributed by atoms with Gasteiger partial charge in [-0.25, -0.2) is 0 Å². The molecule has 1 unspecified atom stereocenters. The molecule has 0 fully saturated rings. The molecule has 0 radical (unpaired) electrons. The normalized spacial score (nSPS) is 20.1. The summed E-state index contributed by atoms with van der Waals surface area (Å²) in [5, 5.41) is 10.4. The van der Waals surface area contributed by atoms with Crippen molar-refractivity contribution in [2.75, 3.05) is 18.0 Å². The van der Waals surface area contributed by atoms with Gasteiger partial charge in [-0.1, -0.05) is 34.1 Å². The van der Waals surface area contributed by atoms with Crippen LogP contribution < -0.4 is 4.90 Å². The number of aromatic nitrogens is 1. The predicted octanol–water partition coefficient (Wildman–Crippen LogP) is 3.45. The SMILES string of the molecule is CC(=O)N1CCc2c([nH]c3ccccc23)C12C(=O)N(CC#N)c1ccc(Br)cc12. The van der Waals surface area contributed by atoms with Crippen molar-refractivity contribution >= 4 is 44.3 Å². The summed E-state index contributed by atoms with van der Waals surface area (Å²) in [6.07, 6.45) is 0.662. The molecule has 1 N–H and O–H groups in total. The molecule has 1 atom stereocenters. The largest absolute Gasteiger partial charge is 0.355 e. The number of carbonyl (C=O) groups is 2. The lowest BCUT2D eigenvalue weighted by Gasteiger charge is -2.43. The maximum atomic E-state index is 13.9. The lowest BCUT2D eigenvalue weighted by molar-refractivity contribution is -0.143. The Balaban J connectivity index is 1.91. The average molecular weight is 449 g/mol. The number of para-hydroxylation sites is 1. The van der Waals surface area contributed by atoms with Crippen LogP contribution in [0.3, 0.4) is 0 Å². The van der Waals surface area contributed by atoms with Crippen molar-refractivity contribution < 1.29 is 9.59 Å². The second-order valence-corrected chi connectivity index (χ2v) is 8.28. The number of hydrogen-bond acceptors (Lipinski definition) is 3. The van der Waals surface area contributed by atoms with Crippen molar-refractivity contribution in [2.45, 2.75) is 18.9 Å². The van der Waals surface area contributed by atoms with E-state index in [9.17, 15) is 14.9 Å². The van der Waals surface area contributed by atoms with Gasteiger partial charge in [-0.3, -0.25) is 14.5 Å². The summed E-state index contributed by atoms with van der Waals surface area (Å²) >= 11 is 3.52. The number of rotatable bonds is 1. The number of benzene rings is 2. The van der Waals surface area contributed by atoms with Crippen molar-refractivity contribution in [3.8, 4) is 6.07 Å². The molecule has 3 aromatic rings. The van der Waals surface area contributed by atoms with Crippen LogP contribution in [-0.2, 0) is 21.5 Å². The number of aromatic amines is 1. The van der Waals surface area contributed by atoms with Gasteiger partial charge in [-0.05, 0) is 36.2 Å². The monoisotopic (exact) mass is 448 g/mol. The Bertz CT molecular complexity index is 1240. The Hall–Kier alpha value is -3.11. The van der Waals surface area contributed by atoms with Crippen molar-refractivity contribution in [3.05, 3.63) is 63.8 Å². The highest BCUT2D eigenvalue weighted by Crippen LogP contribution is 2.52. The van der Waals surface area contributed by atoms with Crippen LogP contribution in [0.4, 0.5) is 5.69 Å². The summed E-state index contributed by atoms with van der Waals surface area (Å²) < 4.78 is 0.814. The van der Waals surface area contributed by atoms with E-state index in [1.165, 1.54) is 11.8 Å². The summed E-state index contributed by atoms with van der Waals surface area (Å²) in [6.45, 7) is 1.85. The first-order valence-corrected chi connectivity index (χ1v) is 10.2. The third-order valence-corrected chi connectivity index (χ3v) is 6.46. The zero-order valence-electron chi connectivity index (χ0n) is 15.7. The number of anilines is 1. The number of amides is 2. The maximum absolute atomic E-state index is 13.9. The molecule has 2 aromatic carbocycles. The standard InChI is InChI=1S/C22H17BrN4O2/c1-13(28)27-10-8-16-15-4-2-3-5-18(15)25-20(16)22(27)17-12-14(23)6-7-19(17)26(11-9-24)21(22)29/h2-7,12,25H,8,10-11H2,1H3. The average Bonchev–Trinajstić information content (AvgIpc) is 3.19. The fourth-order valence-electron chi connectivity index (χ4n) is 4.87. The van der Waals surface area contributed by atoms with E-state index in [0.717, 1.165) is 32.2 Å². The highest BCUT2D eigenvalue weighted by Gasteiger charge is 2.60. The smallest absolute Gasteiger partial charge is 0.264 e. The lowest BCUT2D eigenvalue weighted by atomic mass is 9.80. The summed E-state index contributed by atoms with van der Waals surface area (Å²) in [6, 6.07) is 15.6. The van der Waals surface area contributed by atoms with E-state index < -0.39 is 5.54 Å². The molecule has 2 amide bonds. The van der Waals surface area contributed by atoms with E-state index in [0.29, 0.717) is 18.7 Å². The molecule has 29 heavy (non-hydrogen) atoms. The van der Waals surface area contributed by atoms with Gasteiger partial charge in [0.2, 0.25) is 5.91 Å². The van der Waals surface area contributed by atoms with Gasteiger partial charge in [0.05, 0.1) is 17.5 Å². The molecule has 3 heterocycles. The van der Waals surface area contributed by atoms with Crippen LogP contribution in [0.2, 0.25) is 0 Å². The zero-order chi connectivity index (χ0) is 20.3. The molecular formula is C22H17BrN4O2. The van der Waals surface area contributed by atoms with Gasteiger partial charge in [-0.15, -0.1) is 0 Å². The molecule has 1 spiro atoms. The third kappa shape index (κ3) is 2.21. The van der Waals surface area contributed by atoms with Crippen LogP contribution in [0.5, 0.6) is 0 Å². The van der Waals surface area contributed by atoms with Gasteiger partial charge in [0.1, 0.15) is 6.54 Å². The van der Waals surface area contributed by atoms with Gasteiger partial charge in [0.25, 0.3) is 5.91 Å². The molecule has 0 aliphatic carbocycles. The van der Waals surface area contributed by atoms with Crippen molar-refractivity contribution in [3.63, 3.8) is 0 Å². The number of carbonyl (C=O) groups excluding carboxylic acids is 2. The van der Waals surface area contributed by atoms with E-state index >= 15 is 0 Å². The molecule has 1 aromatic heterocycles. The number of nitriles is 1.